The molecule has 27 heavy (non-hydrogen) atoms. The standard InChI is InChI=1S/C19H21N5O2S/c1-10(2)16-20-11(3)9-14(22-16)23-18(25)15-12(4)21-17(24-19(15)27-5)13-7-6-8-26-13/h6-10H,1-5H3,(H,20,22,23,25). The molecular formula is C19H21N5O2S. The maximum absolute atomic E-state index is 12.9. The van der Waals surface area contributed by atoms with Crippen molar-refractivity contribution in [2.75, 3.05) is 11.6 Å². The first-order valence-corrected chi connectivity index (χ1v) is 9.75. The summed E-state index contributed by atoms with van der Waals surface area (Å²) < 4.78 is 5.37. The van der Waals surface area contributed by atoms with E-state index in [1.165, 1.54) is 11.8 Å². The summed E-state index contributed by atoms with van der Waals surface area (Å²) in [6, 6.07) is 5.31. The number of rotatable bonds is 5. The second-order valence-electron chi connectivity index (χ2n) is 6.36. The van der Waals surface area contributed by atoms with Crippen LogP contribution in [0.5, 0.6) is 0 Å². The van der Waals surface area contributed by atoms with Crippen molar-refractivity contribution in [2.45, 2.75) is 38.6 Å². The molecule has 0 saturated heterocycles. The summed E-state index contributed by atoms with van der Waals surface area (Å²) in [5.74, 6) is 2.05. The van der Waals surface area contributed by atoms with E-state index in [4.69, 9.17) is 4.42 Å². The lowest BCUT2D eigenvalue weighted by molar-refractivity contribution is 0.102. The Bertz CT molecular complexity index is 970. The van der Waals surface area contributed by atoms with Gasteiger partial charge in [0.15, 0.2) is 11.6 Å². The van der Waals surface area contributed by atoms with E-state index in [2.05, 4.69) is 25.3 Å². The first-order chi connectivity index (χ1) is 12.9. The molecule has 0 aliphatic carbocycles. The molecule has 8 heteroatoms. The molecule has 0 aromatic carbocycles. The number of hydrogen-bond acceptors (Lipinski definition) is 7. The molecule has 3 aromatic rings. The second kappa shape index (κ2) is 7.87. The summed E-state index contributed by atoms with van der Waals surface area (Å²) in [7, 11) is 0. The van der Waals surface area contributed by atoms with Crippen LogP contribution in [0.3, 0.4) is 0 Å². The fraction of sp³-hybridized carbons (Fsp3) is 0.316. The number of carbonyl (C=O) groups excluding carboxylic acids is 1. The summed E-state index contributed by atoms with van der Waals surface area (Å²) >= 11 is 1.38. The zero-order chi connectivity index (χ0) is 19.6. The predicted octanol–water partition coefficient (Wildman–Crippen LogP) is 4.24. The van der Waals surface area contributed by atoms with Crippen molar-refractivity contribution in [1.29, 1.82) is 0 Å². The smallest absolute Gasteiger partial charge is 0.261 e. The minimum Gasteiger partial charge on any atom is -0.461 e. The Morgan fingerprint density at radius 3 is 2.59 bits per heavy atom. The molecule has 7 nitrogen and oxygen atoms in total. The highest BCUT2D eigenvalue weighted by molar-refractivity contribution is 7.98. The van der Waals surface area contributed by atoms with E-state index in [-0.39, 0.29) is 11.8 Å². The number of aryl methyl sites for hydroxylation is 2. The number of nitrogens with one attached hydrogen (secondary N) is 1. The molecule has 0 aliphatic rings. The minimum absolute atomic E-state index is 0.167. The average Bonchev–Trinajstić information content (AvgIpc) is 3.14. The molecule has 3 rings (SSSR count). The van der Waals surface area contributed by atoms with Gasteiger partial charge in [0.25, 0.3) is 5.91 Å². The molecule has 0 aliphatic heterocycles. The van der Waals surface area contributed by atoms with Gasteiger partial charge >= 0.3 is 0 Å². The molecule has 140 valence electrons. The molecule has 0 spiro atoms. The van der Waals surface area contributed by atoms with E-state index in [1.54, 1.807) is 31.4 Å². The molecule has 1 N–H and O–H groups in total. The third-order valence-electron chi connectivity index (χ3n) is 3.85. The van der Waals surface area contributed by atoms with Crippen LogP contribution in [0.15, 0.2) is 33.9 Å². The first-order valence-electron chi connectivity index (χ1n) is 8.52. The van der Waals surface area contributed by atoms with Gasteiger partial charge in [-0.3, -0.25) is 4.79 Å². The summed E-state index contributed by atoms with van der Waals surface area (Å²) in [5.41, 5.74) is 1.81. The molecule has 0 atom stereocenters. The summed E-state index contributed by atoms with van der Waals surface area (Å²) in [6.45, 7) is 7.69. The number of furan rings is 1. The third-order valence-corrected chi connectivity index (χ3v) is 4.53. The van der Waals surface area contributed by atoms with E-state index in [1.807, 2.05) is 27.0 Å². The van der Waals surface area contributed by atoms with E-state index in [0.29, 0.717) is 39.5 Å². The van der Waals surface area contributed by atoms with Crippen LogP contribution in [0, 0.1) is 13.8 Å². The highest BCUT2D eigenvalue weighted by Gasteiger charge is 2.20. The molecule has 0 unspecified atom stereocenters. The van der Waals surface area contributed by atoms with Crippen LogP contribution in [0.1, 0.15) is 47.3 Å². The van der Waals surface area contributed by atoms with Crippen LogP contribution in [0.2, 0.25) is 0 Å². The lowest BCUT2D eigenvalue weighted by Gasteiger charge is -2.13. The fourth-order valence-electron chi connectivity index (χ4n) is 2.56. The lowest BCUT2D eigenvalue weighted by Crippen LogP contribution is -2.18. The van der Waals surface area contributed by atoms with Gasteiger partial charge in [-0.1, -0.05) is 13.8 Å². The van der Waals surface area contributed by atoms with Gasteiger partial charge in [-0.2, -0.15) is 0 Å². The highest BCUT2D eigenvalue weighted by atomic mass is 32.2. The quantitative estimate of drug-likeness (QED) is 0.520. The van der Waals surface area contributed by atoms with E-state index in [9.17, 15) is 4.79 Å². The van der Waals surface area contributed by atoms with Crippen LogP contribution in [0.25, 0.3) is 11.6 Å². The fourth-order valence-corrected chi connectivity index (χ4v) is 3.19. The zero-order valence-electron chi connectivity index (χ0n) is 15.9. The summed E-state index contributed by atoms with van der Waals surface area (Å²) in [4.78, 5) is 30.7. The van der Waals surface area contributed by atoms with Gasteiger partial charge in [0.2, 0.25) is 0 Å². The maximum atomic E-state index is 12.9. The van der Waals surface area contributed by atoms with Crippen molar-refractivity contribution in [3.05, 3.63) is 47.2 Å². The first kappa shape index (κ1) is 19.0. The van der Waals surface area contributed by atoms with Crippen molar-refractivity contribution < 1.29 is 9.21 Å². The van der Waals surface area contributed by atoms with Gasteiger partial charge in [-0.05, 0) is 32.2 Å². The number of nitrogens with zero attached hydrogens (tertiary/aromatic N) is 4. The van der Waals surface area contributed by atoms with Gasteiger partial charge in [0.05, 0.1) is 17.5 Å². The van der Waals surface area contributed by atoms with Gasteiger partial charge in [0, 0.05) is 17.7 Å². The number of hydrogen-bond donors (Lipinski definition) is 1. The monoisotopic (exact) mass is 383 g/mol. The normalized spacial score (nSPS) is 11.0. The molecule has 3 heterocycles. The molecule has 0 radical (unpaired) electrons. The Hall–Kier alpha value is -2.74. The van der Waals surface area contributed by atoms with E-state index < -0.39 is 0 Å². The molecule has 0 fully saturated rings. The molecule has 0 bridgehead atoms. The van der Waals surface area contributed by atoms with Crippen molar-refractivity contribution >= 4 is 23.5 Å². The zero-order valence-corrected chi connectivity index (χ0v) is 16.7. The van der Waals surface area contributed by atoms with E-state index >= 15 is 0 Å². The molecule has 3 aromatic heterocycles. The highest BCUT2D eigenvalue weighted by Crippen LogP contribution is 2.26. The summed E-state index contributed by atoms with van der Waals surface area (Å²) in [5, 5.41) is 3.44. The Morgan fingerprint density at radius 2 is 1.96 bits per heavy atom. The van der Waals surface area contributed by atoms with Crippen molar-refractivity contribution in [3.8, 4) is 11.6 Å². The SMILES string of the molecule is CSc1nc(-c2ccco2)nc(C)c1C(=O)Nc1cc(C)nc(C(C)C)n1. The van der Waals surface area contributed by atoms with Gasteiger partial charge in [0.1, 0.15) is 16.7 Å². The number of thioether (sulfide) groups is 1. The number of carbonyl (C=O) groups is 1. The van der Waals surface area contributed by atoms with Crippen LogP contribution >= 0.6 is 11.8 Å². The molecule has 1 amide bonds. The van der Waals surface area contributed by atoms with Crippen LogP contribution in [-0.4, -0.2) is 32.1 Å². The predicted molar refractivity (Wildman–Crippen MR) is 105 cm³/mol. The van der Waals surface area contributed by atoms with E-state index in [0.717, 1.165) is 5.69 Å². The van der Waals surface area contributed by atoms with Crippen molar-refractivity contribution in [2.24, 2.45) is 0 Å². The molecular weight excluding hydrogens is 362 g/mol. The minimum atomic E-state index is -0.296. The number of aromatic nitrogens is 4. The van der Waals surface area contributed by atoms with Crippen LogP contribution in [0.4, 0.5) is 5.82 Å². The largest absolute Gasteiger partial charge is 0.461 e. The summed E-state index contributed by atoms with van der Waals surface area (Å²) in [6.07, 6.45) is 3.44. The Kier molecular flexibility index (Phi) is 5.55. The van der Waals surface area contributed by atoms with Crippen molar-refractivity contribution in [3.63, 3.8) is 0 Å². The number of amides is 1. The number of anilines is 1. The Balaban J connectivity index is 1.95. The topological polar surface area (TPSA) is 93.8 Å². The molecule has 0 saturated carbocycles. The second-order valence-corrected chi connectivity index (χ2v) is 7.15. The van der Waals surface area contributed by atoms with Gasteiger partial charge in [-0.25, -0.2) is 19.9 Å². The van der Waals surface area contributed by atoms with Crippen LogP contribution < -0.4 is 5.32 Å². The van der Waals surface area contributed by atoms with Gasteiger partial charge in [-0.15, -0.1) is 11.8 Å². The maximum Gasteiger partial charge on any atom is 0.261 e. The Morgan fingerprint density at radius 1 is 1.19 bits per heavy atom. The van der Waals surface area contributed by atoms with Gasteiger partial charge < -0.3 is 9.73 Å². The Labute approximate surface area is 162 Å². The van der Waals surface area contributed by atoms with Crippen LogP contribution in [-0.2, 0) is 0 Å². The average molecular weight is 383 g/mol. The lowest BCUT2D eigenvalue weighted by atomic mass is 10.2. The van der Waals surface area contributed by atoms with Crippen molar-refractivity contribution in [1.82, 2.24) is 19.9 Å². The third kappa shape index (κ3) is 4.16.